The highest BCUT2D eigenvalue weighted by atomic mass is 16.4. The molecule has 3 rings (SSSR count). The summed E-state index contributed by atoms with van der Waals surface area (Å²) in [5, 5.41) is 26.8. The number of carboxylic acid groups (broad SMARTS) is 2. The van der Waals surface area contributed by atoms with E-state index >= 15 is 0 Å². The summed E-state index contributed by atoms with van der Waals surface area (Å²) in [5.41, 5.74) is 4.24. The smallest absolute Gasteiger partial charge is 0.414 e. The molecule has 6 heteroatoms. The van der Waals surface area contributed by atoms with E-state index < -0.39 is 17.5 Å². The molecule has 1 aliphatic carbocycles. The molecule has 0 fully saturated rings. The number of hydrogen-bond donors (Lipinski definition) is 3. The van der Waals surface area contributed by atoms with E-state index in [4.69, 9.17) is 19.8 Å². The van der Waals surface area contributed by atoms with Gasteiger partial charge in [0.1, 0.15) is 0 Å². The van der Waals surface area contributed by atoms with Crippen LogP contribution in [0.2, 0.25) is 0 Å². The van der Waals surface area contributed by atoms with Gasteiger partial charge in [0.25, 0.3) is 0 Å². The van der Waals surface area contributed by atoms with Crippen molar-refractivity contribution in [2.45, 2.75) is 50.5 Å². The first-order chi connectivity index (χ1) is 14.6. The minimum atomic E-state index is -1.82. The molecule has 0 amide bonds. The van der Waals surface area contributed by atoms with E-state index in [2.05, 4.69) is 74.4 Å². The highest BCUT2D eigenvalue weighted by Gasteiger charge is 2.41. The lowest BCUT2D eigenvalue weighted by molar-refractivity contribution is -0.159. The van der Waals surface area contributed by atoms with Crippen LogP contribution in [-0.2, 0) is 21.6 Å². The first-order valence-electron chi connectivity index (χ1n) is 10.6. The van der Waals surface area contributed by atoms with Gasteiger partial charge in [-0.3, -0.25) is 0 Å². The molecule has 0 radical (unpaired) electrons. The molecule has 0 unspecified atom stereocenters. The number of aliphatic hydroxyl groups is 1. The van der Waals surface area contributed by atoms with Crippen molar-refractivity contribution < 1.29 is 24.9 Å². The van der Waals surface area contributed by atoms with Crippen LogP contribution in [-0.4, -0.2) is 52.8 Å². The minimum Gasteiger partial charge on any atom is -0.473 e. The number of rotatable bonds is 5. The van der Waals surface area contributed by atoms with Gasteiger partial charge in [-0.25, -0.2) is 9.59 Å². The van der Waals surface area contributed by atoms with E-state index in [0.717, 1.165) is 44.2 Å². The van der Waals surface area contributed by atoms with E-state index in [-0.39, 0.29) is 5.92 Å². The summed E-state index contributed by atoms with van der Waals surface area (Å²) in [6, 6.07) is 17.3. The lowest BCUT2D eigenvalue weighted by Gasteiger charge is -2.37. The second kappa shape index (κ2) is 11.1. The zero-order chi connectivity index (χ0) is 23.0. The molecule has 2 aromatic carbocycles. The predicted molar refractivity (Wildman–Crippen MR) is 120 cm³/mol. The van der Waals surface area contributed by atoms with Crippen molar-refractivity contribution in [3.05, 3.63) is 70.8 Å². The van der Waals surface area contributed by atoms with Crippen molar-refractivity contribution in [1.29, 1.82) is 0 Å². The van der Waals surface area contributed by atoms with Crippen molar-refractivity contribution in [2.24, 2.45) is 0 Å². The van der Waals surface area contributed by atoms with Gasteiger partial charge in [0.15, 0.2) is 0 Å². The molecule has 6 nitrogen and oxygen atoms in total. The van der Waals surface area contributed by atoms with E-state index in [1.807, 2.05) is 0 Å². The molecular weight excluding hydrogens is 394 g/mol. The van der Waals surface area contributed by atoms with Crippen LogP contribution in [0.3, 0.4) is 0 Å². The molecule has 0 saturated heterocycles. The van der Waals surface area contributed by atoms with Gasteiger partial charge in [-0.2, -0.15) is 0 Å². The summed E-state index contributed by atoms with van der Waals surface area (Å²) in [6.45, 7) is 3.13. The molecule has 3 N–H and O–H groups in total. The molecule has 31 heavy (non-hydrogen) atoms. The van der Waals surface area contributed by atoms with Crippen molar-refractivity contribution in [3.63, 3.8) is 0 Å². The Hall–Kier alpha value is -2.70. The fourth-order valence-corrected chi connectivity index (χ4v) is 4.30. The standard InChI is InChI=1S/C23H31NO.C2H2O4/c1-18-12-14-20(15-13-18)22-11-6-9-19-8-4-5-10-21(19)23(22,25)16-7-17-24(2)3;3-1(4)2(5)6/h4-5,8,10,12-15,22,25H,6-7,9,11,16-17H2,1-3H3;(H,3,4)(H,5,6)/t22-,23-;/m1./s1. The summed E-state index contributed by atoms with van der Waals surface area (Å²) in [4.78, 5) is 20.4. The van der Waals surface area contributed by atoms with Gasteiger partial charge in [0.05, 0.1) is 5.60 Å². The van der Waals surface area contributed by atoms with E-state index in [1.165, 1.54) is 16.7 Å². The summed E-state index contributed by atoms with van der Waals surface area (Å²) >= 11 is 0. The Bertz CT molecular complexity index is 866. The van der Waals surface area contributed by atoms with Crippen molar-refractivity contribution in [1.82, 2.24) is 4.90 Å². The van der Waals surface area contributed by atoms with Crippen LogP contribution in [0.4, 0.5) is 0 Å². The fraction of sp³-hybridized carbons (Fsp3) is 0.440. The summed E-state index contributed by atoms with van der Waals surface area (Å²) < 4.78 is 0. The average Bonchev–Trinajstić information content (AvgIpc) is 2.86. The molecule has 0 bridgehead atoms. The maximum absolute atomic E-state index is 12.0. The van der Waals surface area contributed by atoms with E-state index in [0.29, 0.717) is 0 Å². The normalized spacial score (nSPS) is 20.2. The van der Waals surface area contributed by atoms with E-state index in [9.17, 15) is 5.11 Å². The summed E-state index contributed by atoms with van der Waals surface area (Å²) in [5.74, 6) is -3.48. The molecule has 168 valence electrons. The van der Waals surface area contributed by atoms with Crippen molar-refractivity contribution in [2.75, 3.05) is 20.6 Å². The highest BCUT2D eigenvalue weighted by molar-refractivity contribution is 6.27. The molecule has 0 aromatic heterocycles. The Morgan fingerprint density at radius 1 is 1.03 bits per heavy atom. The summed E-state index contributed by atoms with van der Waals surface area (Å²) in [7, 11) is 4.20. The Labute approximate surface area is 184 Å². The van der Waals surface area contributed by atoms with Crippen LogP contribution in [0.1, 0.15) is 53.9 Å². The number of fused-ring (bicyclic) bond motifs is 1. The van der Waals surface area contributed by atoms with Crippen molar-refractivity contribution >= 4 is 11.9 Å². The predicted octanol–water partition coefficient (Wildman–Crippen LogP) is 3.80. The Kier molecular flexibility index (Phi) is 8.77. The number of aryl methyl sites for hydroxylation is 2. The van der Waals surface area contributed by atoms with Crippen LogP contribution in [0.25, 0.3) is 0 Å². The minimum absolute atomic E-state index is 0.166. The quantitative estimate of drug-likeness (QED) is 0.496. The lowest BCUT2D eigenvalue weighted by atomic mass is 9.73. The third-order valence-electron chi connectivity index (χ3n) is 5.83. The van der Waals surface area contributed by atoms with Crippen LogP contribution in [0.15, 0.2) is 48.5 Å². The Balaban J connectivity index is 0.000000501. The van der Waals surface area contributed by atoms with Gasteiger partial charge in [-0.1, -0.05) is 54.1 Å². The monoisotopic (exact) mass is 427 g/mol. The molecule has 0 aliphatic heterocycles. The second-order valence-electron chi connectivity index (χ2n) is 8.45. The topological polar surface area (TPSA) is 98.1 Å². The molecule has 2 atom stereocenters. The average molecular weight is 428 g/mol. The van der Waals surface area contributed by atoms with Crippen LogP contribution >= 0.6 is 0 Å². The third-order valence-corrected chi connectivity index (χ3v) is 5.83. The summed E-state index contributed by atoms with van der Waals surface area (Å²) in [6.07, 6.45) is 5.04. The van der Waals surface area contributed by atoms with E-state index in [1.54, 1.807) is 0 Å². The molecule has 0 spiro atoms. The molecular formula is C25H33NO5. The van der Waals surface area contributed by atoms with Crippen LogP contribution < -0.4 is 0 Å². The zero-order valence-corrected chi connectivity index (χ0v) is 18.5. The van der Waals surface area contributed by atoms with Gasteiger partial charge in [0, 0.05) is 5.92 Å². The van der Waals surface area contributed by atoms with Crippen molar-refractivity contribution in [3.8, 4) is 0 Å². The number of aliphatic carboxylic acids is 2. The Morgan fingerprint density at radius 3 is 2.23 bits per heavy atom. The second-order valence-corrected chi connectivity index (χ2v) is 8.45. The first kappa shape index (κ1) is 24.6. The SMILES string of the molecule is Cc1ccc([C@H]2CCCc3ccccc3[C@]2(O)CCCN(C)C)cc1.O=C(O)C(=O)O. The number of carboxylic acids is 2. The number of nitrogens with zero attached hydrogens (tertiary/aromatic N) is 1. The highest BCUT2D eigenvalue weighted by Crippen LogP contribution is 2.47. The van der Waals surface area contributed by atoms with Gasteiger partial charge < -0.3 is 20.2 Å². The van der Waals surface area contributed by atoms with Crippen LogP contribution in [0.5, 0.6) is 0 Å². The Morgan fingerprint density at radius 2 is 1.65 bits per heavy atom. The molecule has 2 aromatic rings. The maximum atomic E-state index is 12.0. The van der Waals surface area contributed by atoms with Gasteiger partial charge in [0.2, 0.25) is 0 Å². The molecule has 0 saturated carbocycles. The zero-order valence-electron chi connectivity index (χ0n) is 18.5. The lowest BCUT2D eigenvalue weighted by Crippen LogP contribution is -2.34. The van der Waals surface area contributed by atoms with Gasteiger partial charge in [-0.15, -0.1) is 0 Å². The number of carbonyl (C=O) groups is 2. The molecule has 0 heterocycles. The van der Waals surface area contributed by atoms with Gasteiger partial charge >= 0.3 is 11.9 Å². The first-order valence-corrected chi connectivity index (χ1v) is 10.6. The van der Waals surface area contributed by atoms with Gasteiger partial charge in [-0.05, 0) is 76.4 Å². The number of hydrogen-bond acceptors (Lipinski definition) is 4. The fourth-order valence-electron chi connectivity index (χ4n) is 4.30. The molecule has 1 aliphatic rings. The van der Waals surface area contributed by atoms with Crippen LogP contribution in [0, 0.1) is 6.92 Å². The number of benzene rings is 2. The maximum Gasteiger partial charge on any atom is 0.414 e. The largest absolute Gasteiger partial charge is 0.473 e. The third kappa shape index (κ3) is 6.64.